The summed E-state index contributed by atoms with van der Waals surface area (Å²) in [5.41, 5.74) is -0.105. The lowest BCUT2D eigenvalue weighted by Crippen LogP contribution is -2.29. The molecule has 1 aliphatic carbocycles. The predicted molar refractivity (Wildman–Crippen MR) is 80.5 cm³/mol. The van der Waals surface area contributed by atoms with Crippen molar-refractivity contribution in [1.29, 1.82) is 0 Å². The number of carbonyl (C=O) groups is 1. The highest BCUT2D eigenvalue weighted by Gasteiger charge is 2.25. The first kappa shape index (κ1) is 15.5. The fourth-order valence-corrected chi connectivity index (χ4v) is 2.81. The Morgan fingerprint density at radius 1 is 1.43 bits per heavy atom. The topological polar surface area (TPSA) is 84.2 Å². The summed E-state index contributed by atoms with van der Waals surface area (Å²) < 4.78 is 1.65. The zero-order chi connectivity index (χ0) is 15.4. The van der Waals surface area contributed by atoms with Crippen LogP contribution in [0.3, 0.4) is 0 Å². The number of aromatic nitrogens is 2. The number of anilines is 1. The van der Waals surface area contributed by atoms with Gasteiger partial charge >= 0.3 is 5.97 Å². The van der Waals surface area contributed by atoms with Gasteiger partial charge in [-0.3, -0.25) is 9.59 Å². The number of aliphatic carboxylic acids is 1. The van der Waals surface area contributed by atoms with E-state index in [1.165, 1.54) is 0 Å². The SMILES string of the molecule is CC(C)n1ccnc(NCC2CCC(C(=O)O)CC2)c1=O. The van der Waals surface area contributed by atoms with E-state index in [4.69, 9.17) is 5.11 Å². The molecule has 0 bridgehead atoms. The lowest BCUT2D eigenvalue weighted by atomic mass is 9.82. The Bertz CT molecular complexity index is 545. The van der Waals surface area contributed by atoms with Crippen molar-refractivity contribution < 1.29 is 9.90 Å². The molecule has 1 heterocycles. The fraction of sp³-hybridized carbons (Fsp3) is 0.667. The van der Waals surface area contributed by atoms with E-state index >= 15 is 0 Å². The first-order valence-electron chi connectivity index (χ1n) is 7.53. The van der Waals surface area contributed by atoms with Crippen molar-refractivity contribution in [1.82, 2.24) is 9.55 Å². The van der Waals surface area contributed by atoms with E-state index in [1.54, 1.807) is 17.0 Å². The molecule has 1 aliphatic rings. The minimum absolute atomic E-state index is 0.104. The van der Waals surface area contributed by atoms with Gasteiger partial charge in [0.25, 0.3) is 5.56 Å². The van der Waals surface area contributed by atoms with Crippen molar-refractivity contribution in [2.24, 2.45) is 11.8 Å². The van der Waals surface area contributed by atoms with Gasteiger partial charge < -0.3 is 15.0 Å². The summed E-state index contributed by atoms with van der Waals surface area (Å²) in [6.45, 7) is 4.59. The second-order valence-corrected chi connectivity index (χ2v) is 6.02. The molecular formula is C15H23N3O3. The van der Waals surface area contributed by atoms with Gasteiger partial charge in [0.2, 0.25) is 0 Å². The summed E-state index contributed by atoms with van der Waals surface area (Å²) in [5.74, 6) is -0.0960. The van der Waals surface area contributed by atoms with Gasteiger partial charge in [-0.2, -0.15) is 0 Å². The van der Waals surface area contributed by atoms with Crippen LogP contribution in [-0.2, 0) is 4.79 Å². The molecular weight excluding hydrogens is 270 g/mol. The van der Waals surface area contributed by atoms with Crippen LogP contribution in [0.5, 0.6) is 0 Å². The van der Waals surface area contributed by atoms with Crippen LogP contribution in [0.4, 0.5) is 5.82 Å². The number of hydrogen-bond acceptors (Lipinski definition) is 4. The standard InChI is InChI=1S/C15H23N3O3/c1-10(2)18-8-7-16-13(14(18)19)17-9-11-3-5-12(6-4-11)15(20)21/h7-8,10-12H,3-6,9H2,1-2H3,(H,16,17)(H,20,21). The van der Waals surface area contributed by atoms with Crippen molar-refractivity contribution in [2.45, 2.75) is 45.6 Å². The molecule has 21 heavy (non-hydrogen) atoms. The number of hydrogen-bond donors (Lipinski definition) is 2. The Morgan fingerprint density at radius 3 is 2.67 bits per heavy atom. The molecule has 1 fully saturated rings. The summed E-state index contributed by atoms with van der Waals surface area (Å²) >= 11 is 0. The Kier molecular flexibility index (Phi) is 4.98. The molecule has 2 rings (SSSR count). The number of nitrogens with zero attached hydrogens (tertiary/aromatic N) is 2. The van der Waals surface area contributed by atoms with Gasteiger partial charge in [-0.05, 0) is 45.4 Å². The Labute approximate surface area is 124 Å². The lowest BCUT2D eigenvalue weighted by molar-refractivity contribution is -0.143. The summed E-state index contributed by atoms with van der Waals surface area (Å²) in [6.07, 6.45) is 6.53. The molecule has 0 spiro atoms. The third-order valence-corrected chi connectivity index (χ3v) is 4.18. The summed E-state index contributed by atoms with van der Waals surface area (Å²) in [5, 5.41) is 12.1. The number of rotatable bonds is 5. The molecule has 0 radical (unpaired) electrons. The molecule has 0 unspecified atom stereocenters. The van der Waals surface area contributed by atoms with Crippen molar-refractivity contribution in [2.75, 3.05) is 11.9 Å². The molecule has 0 aromatic carbocycles. The highest BCUT2D eigenvalue weighted by Crippen LogP contribution is 2.28. The van der Waals surface area contributed by atoms with Gasteiger partial charge in [0.05, 0.1) is 5.92 Å². The van der Waals surface area contributed by atoms with Crippen LogP contribution in [-0.4, -0.2) is 27.2 Å². The van der Waals surface area contributed by atoms with Gasteiger partial charge in [-0.1, -0.05) is 0 Å². The summed E-state index contributed by atoms with van der Waals surface area (Å²) in [7, 11) is 0. The smallest absolute Gasteiger partial charge is 0.306 e. The third kappa shape index (κ3) is 3.83. The second kappa shape index (κ2) is 6.74. The maximum absolute atomic E-state index is 12.2. The van der Waals surface area contributed by atoms with E-state index in [9.17, 15) is 9.59 Å². The molecule has 6 heteroatoms. The van der Waals surface area contributed by atoms with Gasteiger partial charge in [0.1, 0.15) is 0 Å². The molecule has 1 aromatic rings. The largest absolute Gasteiger partial charge is 0.481 e. The molecule has 0 amide bonds. The monoisotopic (exact) mass is 293 g/mol. The second-order valence-electron chi connectivity index (χ2n) is 6.02. The first-order chi connectivity index (χ1) is 9.99. The average molecular weight is 293 g/mol. The molecule has 6 nitrogen and oxygen atoms in total. The van der Waals surface area contributed by atoms with E-state index in [-0.39, 0.29) is 17.5 Å². The van der Waals surface area contributed by atoms with E-state index in [0.717, 1.165) is 25.7 Å². The Morgan fingerprint density at radius 2 is 2.10 bits per heavy atom. The molecule has 2 N–H and O–H groups in total. The maximum atomic E-state index is 12.2. The van der Waals surface area contributed by atoms with Gasteiger partial charge in [-0.25, -0.2) is 4.98 Å². The van der Waals surface area contributed by atoms with Crippen molar-refractivity contribution in [3.05, 3.63) is 22.7 Å². The van der Waals surface area contributed by atoms with Gasteiger partial charge in [-0.15, -0.1) is 0 Å². The highest BCUT2D eigenvalue weighted by atomic mass is 16.4. The summed E-state index contributed by atoms with van der Waals surface area (Å²) in [4.78, 5) is 27.2. The van der Waals surface area contributed by atoms with E-state index in [2.05, 4.69) is 10.3 Å². The van der Waals surface area contributed by atoms with Crippen molar-refractivity contribution in [3.63, 3.8) is 0 Å². The Hall–Kier alpha value is -1.85. The minimum Gasteiger partial charge on any atom is -0.481 e. The van der Waals surface area contributed by atoms with Crippen LogP contribution < -0.4 is 10.9 Å². The summed E-state index contributed by atoms with van der Waals surface area (Å²) in [6, 6.07) is 0.104. The average Bonchev–Trinajstić information content (AvgIpc) is 2.46. The van der Waals surface area contributed by atoms with Crippen LogP contribution in [0.2, 0.25) is 0 Å². The predicted octanol–water partition coefficient (Wildman–Crippen LogP) is 2.13. The number of carboxylic acids is 1. The molecule has 1 saturated carbocycles. The maximum Gasteiger partial charge on any atom is 0.306 e. The molecule has 0 atom stereocenters. The molecule has 116 valence electrons. The highest BCUT2D eigenvalue weighted by molar-refractivity contribution is 5.69. The number of nitrogens with one attached hydrogen (secondary N) is 1. The van der Waals surface area contributed by atoms with Crippen LogP contribution in [0.25, 0.3) is 0 Å². The quantitative estimate of drug-likeness (QED) is 0.868. The molecule has 0 aliphatic heterocycles. The Balaban J connectivity index is 1.91. The van der Waals surface area contributed by atoms with Crippen LogP contribution >= 0.6 is 0 Å². The van der Waals surface area contributed by atoms with Crippen molar-refractivity contribution in [3.8, 4) is 0 Å². The van der Waals surface area contributed by atoms with Gasteiger partial charge in [0, 0.05) is 25.0 Å². The first-order valence-corrected chi connectivity index (χ1v) is 7.53. The fourth-order valence-electron chi connectivity index (χ4n) is 2.81. The van der Waals surface area contributed by atoms with E-state index in [0.29, 0.717) is 18.3 Å². The zero-order valence-corrected chi connectivity index (χ0v) is 12.6. The lowest BCUT2D eigenvalue weighted by Gasteiger charge is -2.26. The zero-order valence-electron chi connectivity index (χ0n) is 12.6. The van der Waals surface area contributed by atoms with Gasteiger partial charge in [0.15, 0.2) is 5.82 Å². The third-order valence-electron chi connectivity index (χ3n) is 4.18. The van der Waals surface area contributed by atoms with Crippen LogP contribution in [0.1, 0.15) is 45.6 Å². The van der Waals surface area contributed by atoms with E-state index in [1.807, 2.05) is 13.8 Å². The number of carboxylic acid groups (broad SMARTS) is 1. The molecule has 0 saturated heterocycles. The van der Waals surface area contributed by atoms with Crippen LogP contribution in [0.15, 0.2) is 17.2 Å². The molecule has 1 aromatic heterocycles. The minimum atomic E-state index is -0.689. The normalized spacial score (nSPS) is 22.2. The van der Waals surface area contributed by atoms with E-state index < -0.39 is 5.97 Å². The van der Waals surface area contributed by atoms with Crippen molar-refractivity contribution >= 4 is 11.8 Å². The van der Waals surface area contributed by atoms with Crippen LogP contribution in [0, 0.1) is 11.8 Å².